The minimum absolute atomic E-state index is 0.0294. The smallest absolute Gasteiger partial charge is 0.208 e. The number of fused-ring (bicyclic) bond motifs is 1. The number of morpholine rings is 1. The van der Waals surface area contributed by atoms with Crippen LogP contribution >= 0.6 is 11.3 Å². The van der Waals surface area contributed by atoms with E-state index in [9.17, 15) is 4.79 Å². The second-order valence-corrected chi connectivity index (χ2v) is 6.00. The van der Waals surface area contributed by atoms with Gasteiger partial charge in [-0.15, -0.1) is 0 Å². The molecule has 5 heteroatoms. The van der Waals surface area contributed by atoms with Crippen molar-refractivity contribution in [1.29, 1.82) is 0 Å². The van der Waals surface area contributed by atoms with Gasteiger partial charge in [0.25, 0.3) is 0 Å². The molecule has 3 aromatic rings. The van der Waals surface area contributed by atoms with Crippen LogP contribution in [0.5, 0.6) is 0 Å². The van der Waals surface area contributed by atoms with Gasteiger partial charge in [0.1, 0.15) is 5.58 Å². The highest BCUT2D eigenvalue weighted by molar-refractivity contribution is 7.08. The van der Waals surface area contributed by atoms with Crippen molar-refractivity contribution in [3.05, 3.63) is 51.3 Å². The first-order valence-electron chi connectivity index (χ1n) is 7.26. The van der Waals surface area contributed by atoms with E-state index in [1.165, 1.54) is 0 Å². The molecule has 112 valence electrons. The van der Waals surface area contributed by atoms with Gasteiger partial charge in [0.05, 0.1) is 24.2 Å². The highest BCUT2D eigenvalue weighted by Crippen LogP contribution is 2.32. The summed E-state index contributed by atoms with van der Waals surface area (Å²) in [5.74, 6) is 0.658. The Morgan fingerprint density at radius 1 is 1.09 bits per heavy atom. The molecule has 0 aliphatic carbocycles. The molecule has 0 amide bonds. The fourth-order valence-electron chi connectivity index (χ4n) is 2.78. The van der Waals surface area contributed by atoms with Gasteiger partial charge in [-0.05, 0) is 29.0 Å². The molecule has 0 saturated carbocycles. The lowest BCUT2D eigenvalue weighted by Crippen LogP contribution is -2.37. The van der Waals surface area contributed by atoms with E-state index in [4.69, 9.17) is 9.15 Å². The number of para-hydroxylation sites is 1. The molecule has 0 unspecified atom stereocenters. The predicted molar refractivity (Wildman–Crippen MR) is 88.8 cm³/mol. The summed E-state index contributed by atoms with van der Waals surface area (Å²) < 4.78 is 11.5. The summed E-state index contributed by atoms with van der Waals surface area (Å²) in [6.45, 7) is 2.77. The van der Waals surface area contributed by atoms with Crippen molar-refractivity contribution in [2.75, 3.05) is 31.2 Å². The summed E-state index contributed by atoms with van der Waals surface area (Å²) in [5, 5.41) is 4.60. The Morgan fingerprint density at radius 2 is 1.91 bits per heavy atom. The molecular formula is C17H15NO3S. The van der Waals surface area contributed by atoms with Crippen LogP contribution in [0.3, 0.4) is 0 Å². The number of thiophene rings is 1. The van der Waals surface area contributed by atoms with E-state index in [0.717, 1.165) is 18.7 Å². The maximum Gasteiger partial charge on any atom is 0.208 e. The molecule has 1 saturated heterocycles. The molecule has 2 aromatic heterocycles. The normalized spacial score (nSPS) is 15.4. The first-order chi connectivity index (χ1) is 10.8. The second kappa shape index (κ2) is 5.59. The lowest BCUT2D eigenvalue weighted by Gasteiger charge is -2.28. The zero-order valence-electron chi connectivity index (χ0n) is 12.0. The zero-order chi connectivity index (χ0) is 14.9. The van der Waals surface area contributed by atoms with Crippen molar-refractivity contribution < 1.29 is 9.15 Å². The lowest BCUT2D eigenvalue weighted by molar-refractivity contribution is 0.121. The molecule has 4 nitrogen and oxygen atoms in total. The average molecular weight is 313 g/mol. The standard InChI is InChI=1S/C17H15NO3S/c19-16-13-3-1-2-4-14(13)21-17(18-6-8-20-9-7-18)15(16)12-5-10-22-11-12/h1-5,10-11H,6-9H2. The van der Waals surface area contributed by atoms with E-state index in [1.807, 2.05) is 41.1 Å². The topological polar surface area (TPSA) is 42.7 Å². The monoisotopic (exact) mass is 313 g/mol. The van der Waals surface area contributed by atoms with Gasteiger partial charge in [-0.3, -0.25) is 4.79 Å². The van der Waals surface area contributed by atoms with Gasteiger partial charge in [0.2, 0.25) is 11.3 Å². The number of hydrogen-bond acceptors (Lipinski definition) is 5. The zero-order valence-corrected chi connectivity index (χ0v) is 12.8. The van der Waals surface area contributed by atoms with Crippen molar-refractivity contribution in [3.63, 3.8) is 0 Å². The van der Waals surface area contributed by atoms with Crippen molar-refractivity contribution in [3.8, 4) is 11.1 Å². The molecule has 0 radical (unpaired) electrons. The van der Waals surface area contributed by atoms with E-state index in [-0.39, 0.29) is 5.43 Å². The SMILES string of the molecule is O=c1c(-c2ccsc2)c(N2CCOCC2)oc2ccccc12. The van der Waals surface area contributed by atoms with Crippen LogP contribution in [0.2, 0.25) is 0 Å². The third-order valence-corrected chi connectivity index (χ3v) is 4.57. The number of nitrogens with zero attached hydrogens (tertiary/aromatic N) is 1. The lowest BCUT2D eigenvalue weighted by atomic mass is 10.1. The molecule has 0 spiro atoms. The van der Waals surface area contributed by atoms with Gasteiger partial charge >= 0.3 is 0 Å². The third-order valence-electron chi connectivity index (χ3n) is 3.89. The molecule has 1 aliphatic rings. The highest BCUT2D eigenvalue weighted by atomic mass is 32.1. The van der Waals surface area contributed by atoms with E-state index in [1.54, 1.807) is 11.3 Å². The fourth-order valence-corrected chi connectivity index (χ4v) is 3.43. The molecule has 0 N–H and O–H groups in total. The van der Waals surface area contributed by atoms with Crippen molar-refractivity contribution >= 4 is 28.2 Å². The number of rotatable bonds is 2. The summed E-state index contributed by atoms with van der Waals surface area (Å²) in [6.07, 6.45) is 0. The summed E-state index contributed by atoms with van der Waals surface area (Å²) >= 11 is 1.58. The maximum absolute atomic E-state index is 13.0. The summed E-state index contributed by atoms with van der Waals surface area (Å²) in [4.78, 5) is 15.1. The van der Waals surface area contributed by atoms with Crippen molar-refractivity contribution in [2.45, 2.75) is 0 Å². The highest BCUT2D eigenvalue weighted by Gasteiger charge is 2.22. The van der Waals surface area contributed by atoms with Crippen LogP contribution in [0.1, 0.15) is 0 Å². The van der Waals surface area contributed by atoms with Gasteiger partial charge in [0.15, 0.2) is 0 Å². The molecular weight excluding hydrogens is 298 g/mol. The Balaban J connectivity index is 2.00. The Bertz CT molecular complexity index is 848. The first-order valence-corrected chi connectivity index (χ1v) is 8.20. The fraction of sp³-hybridized carbons (Fsp3) is 0.235. The largest absolute Gasteiger partial charge is 0.440 e. The Hall–Kier alpha value is -2.11. The number of anilines is 1. The molecule has 4 rings (SSSR count). The minimum Gasteiger partial charge on any atom is -0.440 e. The number of benzene rings is 1. The van der Waals surface area contributed by atoms with Gasteiger partial charge in [0, 0.05) is 18.7 Å². The van der Waals surface area contributed by atoms with Gasteiger partial charge in [-0.1, -0.05) is 12.1 Å². The van der Waals surface area contributed by atoms with E-state index in [2.05, 4.69) is 4.90 Å². The van der Waals surface area contributed by atoms with Crippen LogP contribution in [0, 0.1) is 0 Å². The van der Waals surface area contributed by atoms with E-state index < -0.39 is 0 Å². The minimum atomic E-state index is 0.0294. The molecule has 1 fully saturated rings. The van der Waals surface area contributed by atoms with E-state index in [0.29, 0.717) is 35.6 Å². The average Bonchev–Trinajstić information content (AvgIpc) is 3.10. The quantitative estimate of drug-likeness (QED) is 0.727. The number of ether oxygens (including phenoxy) is 1. The van der Waals surface area contributed by atoms with Crippen LogP contribution < -0.4 is 10.3 Å². The molecule has 0 atom stereocenters. The molecule has 3 heterocycles. The number of hydrogen-bond donors (Lipinski definition) is 0. The Labute approximate surface area is 131 Å². The van der Waals surface area contributed by atoms with Gasteiger partial charge in [-0.25, -0.2) is 0 Å². The first kappa shape index (κ1) is 13.5. The third kappa shape index (κ3) is 2.23. The Morgan fingerprint density at radius 3 is 2.68 bits per heavy atom. The summed E-state index contributed by atoms with van der Waals surface area (Å²) in [7, 11) is 0. The predicted octanol–water partition coefficient (Wildman–Crippen LogP) is 3.36. The van der Waals surface area contributed by atoms with Crippen LogP contribution in [0.25, 0.3) is 22.1 Å². The maximum atomic E-state index is 13.0. The molecule has 1 aromatic carbocycles. The summed E-state index contributed by atoms with van der Waals surface area (Å²) in [6, 6.07) is 9.39. The van der Waals surface area contributed by atoms with Gasteiger partial charge < -0.3 is 14.1 Å². The van der Waals surface area contributed by atoms with Crippen LogP contribution in [0.15, 0.2) is 50.3 Å². The van der Waals surface area contributed by atoms with Crippen LogP contribution in [-0.4, -0.2) is 26.3 Å². The van der Waals surface area contributed by atoms with E-state index >= 15 is 0 Å². The van der Waals surface area contributed by atoms with Crippen molar-refractivity contribution in [2.24, 2.45) is 0 Å². The van der Waals surface area contributed by atoms with Crippen molar-refractivity contribution in [1.82, 2.24) is 0 Å². The Kier molecular flexibility index (Phi) is 3.44. The van der Waals surface area contributed by atoms with Crippen LogP contribution in [0.4, 0.5) is 5.88 Å². The molecule has 22 heavy (non-hydrogen) atoms. The second-order valence-electron chi connectivity index (χ2n) is 5.22. The van der Waals surface area contributed by atoms with Gasteiger partial charge in [-0.2, -0.15) is 11.3 Å². The summed E-state index contributed by atoms with van der Waals surface area (Å²) in [5.41, 5.74) is 2.24. The van der Waals surface area contributed by atoms with Crippen LogP contribution in [-0.2, 0) is 4.74 Å². The molecule has 0 bridgehead atoms. The molecule has 1 aliphatic heterocycles.